The summed E-state index contributed by atoms with van der Waals surface area (Å²) in [4.78, 5) is 27.8. The first-order chi connectivity index (χ1) is 12.0. The molecule has 1 aliphatic heterocycles. The lowest BCUT2D eigenvalue weighted by molar-refractivity contribution is -0.135. The first-order valence-electron chi connectivity index (χ1n) is 9.41. The van der Waals surface area contributed by atoms with Gasteiger partial charge in [-0.05, 0) is 55.5 Å². The van der Waals surface area contributed by atoms with Crippen LogP contribution in [0.25, 0.3) is 0 Å². The van der Waals surface area contributed by atoms with Gasteiger partial charge in [-0.15, -0.1) is 11.3 Å². The van der Waals surface area contributed by atoms with E-state index in [0.717, 1.165) is 38.4 Å². The van der Waals surface area contributed by atoms with Gasteiger partial charge in [0.05, 0.1) is 4.88 Å². The minimum absolute atomic E-state index is 0.0561. The normalized spacial score (nSPS) is 19.9. The first kappa shape index (κ1) is 18.4. The number of hydrogen-bond donors (Lipinski definition) is 2. The first-order valence-corrected chi connectivity index (χ1v) is 10.3. The highest BCUT2D eigenvalue weighted by Gasteiger charge is 2.32. The summed E-state index contributed by atoms with van der Waals surface area (Å²) in [5.74, 6) is 0.864. The van der Waals surface area contributed by atoms with Crippen molar-refractivity contribution in [3.05, 3.63) is 22.4 Å². The van der Waals surface area contributed by atoms with Crippen LogP contribution in [-0.4, -0.2) is 48.4 Å². The van der Waals surface area contributed by atoms with Crippen LogP contribution in [0.2, 0.25) is 0 Å². The summed E-state index contributed by atoms with van der Waals surface area (Å²) in [6, 6.07) is 3.72. The predicted molar refractivity (Wildman–Crippen MR) is 101 cm³/mol. The van der Waals surface area contributed by atoms with Gasteiger partial charge in [-0.25, -0.2) is 0 Å². The van der Waals surface area contributed by atoms with E-state index in [4.69, 9.17) is 0 Å². The molecule has 3 rings (SSSR count). The molecule has 2 fully saturated rings. The molecule has 1 aromatic heterocycles. The third kappa shape index (κ3) is 5.05. The van der Waals surface area contributed by atoms with Gasteiger partial charge in [0.15, 0.2) is 0 Å². The van der Waals surface area contributed by atoms with E-state index < -0.39 is 6.04 Å². The Morgan fingerprint density at radius 3 is 2.52 bits per heavy atom. The summed E-state index contributed by atoms with van der Waals surface area (Å²) >= 11 is 1.40. The molecular weight excluding hydrogens is 334 g/mol. The van der Waals surface area contributed by atoms with Crippen LogP contribution in [0.3, 0.4) is 0 Å². The second-order valence-electron chi connectivity index (χ2n) is 7.62. The van der Waals surface area contributed by atoms with E-state index in [-0.39, 0.29) is 17.7 Å². The smallest absolute Gasteiger partial charge is 0.262 e. The molecule has 1 saturated heterocycles. The molecular formula is C19H29N3O2S. The maximum absolute atomic E-state index is 12.9. The van der Waals surface area contributed by atoms with E-state index in [1.54, 1.807) is 6.07 Å². The third-order valence-corrected chi connectivity index (χ3v) is 6.03. The molecule has 1 unspecified atom stereocenters. The summed E-state index contributed by atoms with van der Waals surface area (Å²) in [6.45, 7) is 6.66. The summed E-state index contributed by atoms with van der Waals surface area (Å²) in [5, 5.41) is 8.46. The lowest BCUT2D eigenvalue weighted by Gasteiger charge is -2.35. The lowest BCUT2D eigenvalue weighted by atomic mass is 9.99. The molecule has 2 heterocycles. The van der Waals surface area contributed by atoms with Crippen LogP contribution in [0.1, 0.15) is 49.2 Å². The van der Waals surface area contributed by atoms with Gasteiger partial charge in [0, 0.05) is 19.1 Å². The Kier molecular flexibility index (Phi) is 6.12. The monoisotopic (exact) mass is 363 g/mol. The van der Waals surface area contributed by atoms with Gasteiger partial charge in [-0.3, -0.25) is 9.59 Å². The van der Waals surface area contributed by atoms with Crippen molar-refractivity contribution >= 4 is 23.2 Å². The molecule has 5 nitrogen and oxygen atoms in total. The molecule has 0 aromatic carbocycles. The number of rotatable bonds is 7. The van der Waals surface area contributed by atoms with Gasteiger partial charge in [-0.2, -0.15) is 0 Å². The molecule has 0 bridgehead atoms. The molecule has 2 amide bonds. The summed E-state index contributed by atoms with van der Waals surface area (Å²) in [5.41, 5.74) is 0. The minimum Gasteiger partial charge on any atom is -0.341 e. The number of piperidine rings is 1. The highest BCUT2D eigenvalue weighted by Crippen LogP contribution is 2.28. The van der Waals surface area contributed by atoms with Crippen LogP contribution < -0.4 is 10.6 Å². The molecule has 1 aliphatic carbocycles. The molecule has 2 aliphatic rings. The van der Waals surface area contributed by atoms with E-state index in [2.05, 4.69) is 10.6 Å². The van der Waals surface area contributed by atoms with Crippen LogP contribution in [0.4, 0.5) is 0 Å². The highest BCUT2D eigenvalue weighted by molar-refractivity contribution is 7.12. The summed E-state index contributed by atoms with van der Waals surface area (Å²) in [7, 11) is 0. The average Bonchev–Trinajstić information content (AvgIpc) is 3.28. The Bertz CT molecular complexity index is 575. The van der Waals surface area contributed by atoms with Crippen molar-refractivity contribution in [3.8, 4) is 0 Å². The van der Waals surface area contributed by atoms with Gasteiger partial charge in [0.1, 0.15) is 6.04 Å². The fourth-order valence-corrected chi connectivity index (χ4v) is 3.92. The number of nitrogens with zero attached hydrogens (tertiary/aromatic N) is 1. The van der Waals surface area contributed by atoms with E-state index in [9.17, 15) is 9.59 Å². The maximum Gasteiger partial charge on any atom is 0.262 e. The number of carbonyl (C=O) groups is 2. The SMILES string of the molecule is CC(C)C(NC(=O)c1cccs1)C(=O)N1CCC(NCC2CC2)CC1. The molecule has 1 atom stereocenters. The standard InChI is InChI=1S/C19H29N3O2S/c1-13(2)17(21-18(23)16-4-3-11-25-16)19(24)22-9-7-15(8-10-22)20-12-14-5-6-14/h3-4,11,13-15,17,20H,5-10,12H2,1-2H3,(H,21,23). The third-order valence-electron chi connectivity index (χ3n) is 5.16. The highest BCUT2D eigenvalue weighted by atomic mass is 32.1. The number of nitrogens with one attached hydrogen (secondary N) is 2. The van der Waals surface area contributed by atoms with E-state index in [1.807, 2.05) is 30.2 Å². The molecule has 138 valence electrons. The van der Waals surface area contributed by atoms with E-state index >= 15 is 0 Å². The zero-order chi connectivity index (χ0) is 17.8. The number of amides is 2. The van der Waals surface area contributed by atoms with Crippen molar-refractivity contribution in [2.45, 2.75) is 51.6 Å². The second kappa shape index (κ2) is 8.32. The number of thiophene rings is 1. The van der Waals surface area contributed by atoms with Crippen LogP contribution in [0.15, 0.2) is 17.5 Å². The van der Waals surface area contributed by atoms with Crippen molar-refractivity contribution < 1.29 is 9.59 Å². The van der Waals surface area contributed by atoms with E-state index in [0.29, 0.717) is 10.9 Å². The number of carbonyl (C=O) groups excluding carboxylic acids is 2. The Morgan fingerprint density at radius 1 is 1.24 bits per heavy atom. The number of hydrogen-bond acceptors (Lipinski definition) is 4. The molecule has 1 aromatic rings. The minimum atomic E-state index is -0.453. The average molecular weight is 364 g/mol. The Labute approximate surface area is 154 Å². The Hall–Kier alpha value is -1.40. The Morgan fingerprint density at radius 2 is 1.96 bits per heavy atom. The van der Waals surface area contributed by atoms with Gasteiger partial charge < -0.3 is 15.5 Å². The van der Waals surface area contributed by atoms with Crippen molar-refractivity contribution in [1.29, 1.82) is 0 Å². The predicted octanol–water partition coefficient (Wildman–Crippen LogP) is 2.49. The largest absolute Gasteiger partial charge is 0.341 e. The van der Waals surface area contributed by atoms with Crippen molar-refractivity contribution in [1.82, 2.24) is 15.5 Å². The van der Waals surface area contributed by atoms with Crippen LogP contribution >= 0.6 is 11.3 Å². The quantitative estimate of drug-likeness (QED) is 0.782. The maximum atomic E-state index is 12.9. The van der Waals surface area contributed by atoms with Gasteiger partial charge in [0.25, 0.3) is 5.91 Å². The van der Waals surface area contributed by atoms with Crippen molar-refractivity contribution in [2.75, 3.05) is 19.6 Å². The summed E-state index contributed by atoms with van der Waals surface area (Å²) < 4.78 is 0. The molecule has 6 heteroatoms. The van der Waals surface area contributed by atoms with Gasteiger partial charge in [-0.1, -0.05) is 19.9 Å². The molecule has 1 saturated carbocycles. The molecule has 2 N–H and O–H groups in total. The second-order valence-corrected chi connectivity index (χ2v) is 8.57. The lowest BCUT2D eigenvalue weighted by Crippen LogP contribution is -2.54. The zero-order valence-electron chi connectivity index (χ0n) is 15.2. The van der Waals surface area contributed by atoms with Crippen LogP contribution in [-0.2, 0) is 4.79 Å². The molecule has 25 heavy (non-hydrogen) atoms. The van der Waals surface area contributed by atoms with Crippen LogP contribution in [0, 0.1) is 11.8 Å². The van der Waals surface area contributed by atoms with Gasteiger partial charge >= 0.3 is 0 Å². The Balaban J connectivity index is 1.51. The van der Waals surface area contributed by atoms with E-state index in [1.165, 1.54) is 24.2 Å². The van der Waals surface area contributed by atoms with Gasteiger partial charge in [0.2, 0.25) is 5.91 Å². The van der Waals surface area contributed by atoms with Crippen LogP contribution in [0.5, 0.6) is 0 Å². The summed E-state index contributed by atoms with van der Waals surface area (Å²) in [6.07, 6.45) is 4.74. The molecule has 0 radical (unpaired) electrons. The zero-order valence-corrected chi connectivity index (χ0v) is 16.0. The topological polar surface area (TPSA) is 61.4 Å². The van der Waals surface area contributed by atoms with Crippen molar-refractivity contribution in [2.24, 2.45) is 11.8 Å². The van der Waals surface area contributed by atoms with Crippen molar-refractivity contribution in [3.63, 3.8) is 0 Å². The molecule has 0 spiro atoms. The fourth-order valence-electron chi connectivity index (χ4n) is 3.29. The fraction of sp³-hybridized carbons (Fsp3) is 0.684. The number of likely N-dealkylation sites (tertiary alicyclic amines) is 1.